The zero-order valence-electron chi connectivity index (χ0n) is 9.07. The molecule has 92 valence electrons. The molecule has 0 amide bonds. The lowest BCUT2D eigenvalue weighted by Gasteiger charge is -2.11. The molecular weight excluding hydrogens is 294 g/mol. The molecule has 1 unspecified atom stereocenters. The van der Waals surface area contributed by atoms with Crippen LogP contribution in [0.15, 0.2) is 22.9 Å². The molecule has 0 bridgehead atoms. The van der Waals surface area contributed by atoms with Gasteiger partial charge in [-0.3, -0.25) is 0 Å². The van der Waals surface area contributed by atoms with E-state index in [1.165, 1.54) is 6.92 Å². The van der Waals surface area contributed by atoms with Crippen LogP contribution in [0.25, 0.3) is 5.65 Å². The van der Waals surface area contributed by atoms with Crippen LogP contribution in [0.3, 0.4) is 0 Å². The molecule has 17 heavy (non-hydrogen) atoms. The number of halogens is 3. The predicted octanol–water partition coefficient (Wildman–Crippen LogP) is 2.80. The van der Waals surface area contributed by atoms with Crippen molar-refractivity contribution in [3.8, 4) is 0 Å². The van der Waals surface area contributed by atoms with Crippen molar-refractivity contribution in [3.63, 3.8) is 0 Å². The number of hydrogen-bond acceptors (Lipinski definition) is 3. The number of alkyl halides is 2. The monoisotopic (exact) mass is 304 g/mol. The molecule has 0 aliphatic rings. The van der Waals surface area contributed by atoms with Crippen LogP contribution in [-0.4, -0.2) is 27.6 Å². The van der Waals surface area contributed by atoms with Crippen LogP contribution in [0.1, 0.15) is 6.92 Å². The Morgan fingerprint density at radius 3 is 3.00 bits per heavy atom. The zero-order chi connectivity index (χ0) is 12.4. The Labute approximate surface area is 105 Å². The molecule has 7 heteroatoms. The number of nitrogens with one attached hydrogen (secondary N) is 1. The van der Waals surface area contributed by atoms with Crippen molar-refractivity contribution >= 4 is 27.4 Å². The van der Waals surface area contributed by atoms with E-state index >= 15 is 0 Å². The quantitative estimate of drug-likeness (QED) is 0.944. The van der Waals surface area contributed by atoms with Gasteiger partial charge in [-0.2, -0.15) is 5.10 Å². The average Bonchev–Trinajstić information content (AvgIpc) is 2.68. The van der Waals surface area contributed by atoms with Crippen molar-refractivity contribution in [1.29, 1.82) is 0 Å². The maximum atomic E-state index is 12.3. The second-order valence-electron chi connectivity index (χ2n) is 3.77. The Morgan fingerprint density at radius 2 is 2.29 bits per heavy atom. The van der Waals surface area contributed by atoms with Crippen molar-refractivity contribution in [1.82, 2.24) is 14.6 Å². The lowest BCUT2D eigenvalue weighted by molar-refractivity contribution is 0.0926. The van der Waals surface area contributed by atoms with Crippen LogP contribution < -0.4 is 5.32 Å². The molecular formula is C10H11BrF2N4. The van der Waals surface area contributed by atoms with Gasteiger partial charge in [-0.25, -0.2) is 18.3 Å². The zero-order valence-corrected chi connectivity index (χ0v) is 10.7. The first-order valence-corrected chi connectivity index (χ1v) is 5.89. The van der Waals surface area contributed by atoms with E-state index in [1.54, 1.807) is 23.0 Å². The lowest BCUT2D eigenvalue weighted by atomic mass is 10.2. The highest BCUT2D eigenvalue weighted by Crippen LogP contribution is 2.17. The molecule has 2 aromatic heterocycles. The minimum atomic E-state index is -2.33. The fraction of sp³-hybridized carbons (Fsp3) is 0.400. The third kappa shape index (κ3) is 2.71. The lowest BCUT2D eigenvalue weighted by Crippen LogP contribution is -2.18. The molecule has 2 rings (SSSR count). The number of hydrogen-bond donors (Lipinski definition) is 1. The minimum absolute atomic E-state index is 0.187. The maximum absolute atomic E-state index is 12.3. The van der Waals surface area contributed by atoms with Gasteiger partial charge in [-0.15, -0.1) is 0 Å². The van der Waals surface area contributed by atoms with Gasteiger partial charge >= 0.3 is 0 Å². The Morgan fingerprint density at radius 1 is 1.53 bits per heavy atom. The Balaban J connectivity index is 2.11. The van der Waals surface area contributed by atoms with E-state index in [1.807, 2.05) is 0 Å². The first-order chi connectivity index (χ1) is 8.08. The first kappa shape index (κ1) is 12.2. The highest BCUT2D eigenvalue weighted by atomic mass is 79.9. The van der Waals surface area contributed by atoms with Crippen molar-refractivity contribution in [2.45, 2.75) is 13.3 Å². The van der Waals surface area contributed by atoms with Gasteiger partial charge in [-0.1, -0.05) is 6.92 Å². The molecule has 4 nitrogen and oxygen atoms in total. The second-order valence-corrected chi connectivity index (χ2v) is 4.62. The van der Waals surface area contributed by atoms with Crippen LogP contribution in [0.2, 0.25) is 0 Å². The summed E-state index contributed by atoms with van der Waals surface area (Å²) in [6.07, 6.45) is 1.03. The van der Waals surface area contributed by atoms with E-state index in [2.05, 4.69) is 31.3 Å². The van der Waals surface area contributed by atoms with Gasteiger partial charge in [0, 0.05) is 18.7 Å². The van der Waals surface area contributed by atoms with Crippen molar-refractivity contribution in [2.24, 2.45) is 5.92 Å². The summed E-state index contributed by atoms with van der Waals surface area (Å²) in [6, 6.07) is 1.70. The Bertz CT molecular complexity index is 514. The summed E-state index contributed by atoms with van der Waals surface area (Å²) in [5.74, 6) is -0.146. The molecule has 0 aliphatic carbocycles. The topological polar surface area (TPSA) is 42.2 Å². The summed E-state index contributed by atoms with van der Waals surface area (Å²) in [5.41, 5.74) is 0.653. The molecule has 0 aromatic carbocycles. The molecule has 2 aromatic rings. The van der Waals surface area contributed by atoms with Gasteiger partial charge in [0.25, 0.3) is 0 Å². The highest BCUT2D eigenvalue weighted by Gasteiger charge is 2.14. The molecule has 0 saturated carbocycles. The molecule has 0 fully saturated rings. The van der Waals surface area contributed by atoms with Gasteiger partial charge in [0.1, 0.15) is 5.82 Å². The minimum Gasteiger partial charge on any atom is -0.369 e. The predicted molar refractivity (Wildman–Crippen MR) is 64.3 cm³/mol. The Kier molecular flexibility index (Phi) is 3.56. The number of anilines is 1. The third-order valence-corrected chi connectivity index (χ3v) is 2.92. The summed E-state index contributed by atoms with van der Waals surface area (Å²) in [6.45, 7) is 1.68. The normalized spacial score (nSPS) is 13.2. The average molecular weight is 305 g/mol. The van der Waals surface area contributed by atoms with Gasteiger partial charge in [0.05, 0.1) is 10.7 Å². The van der Waals surface area contributed by atoms with Gasteiger partial charge in [0.2, 0.25) is 6.43 Å². The van der Waals surface area contributed by atoms with E-state index in [0.717, 1.165) is 4.47 Å². The van der Waals surface area contributed by atoms with Gasteiger partial charge in [0.15, 0.2) is 5.65 Å². The van der Waals surface area contributed by atoms with Crippen LogP contribution >= 0.6 is 15.9 Å². The number of nitrogens with zero attached hydrogens (tertiary/aromatic N) is 3. The third-order valence-electron chi connectivity index (χ3n) is 2.36. The maximum Gasteiger partial charge on any atom is 0.242 e. The largest absolute Gasteiger partial charge is 0.369 e. The smallest absolute Gasteiger partial charge is 0.242 e. The molecule has 0 aliphatic heterocycles. The standard InChI is InChI=1S/C10H11BrF2N4/c1-6(9(12)13)4-14-8-2-3-17-10(16-8)7(11)5-15-17/h2-3,5-6,9H,4H2,1H3,(H,14,16). The fourth-order valence-electron chi connectivity index (χ4n) is 1.29. The number of fused-ring (bicyclic) bond motifs is 1. The van der Waals surface area contributed by atoms with Crippen LogP contribution in [0.5, 0.6) is 0 Å². The highest BCUT2D eigenvalue weighted by molar-refractivity contribution is 9.10. The van der Waals surface area contributed by atoms with E-state index in [0.29, 0.717) is 11.5 Å². The van der Waals surface area contributed by atoms with E-state index in [9.17, 15) is 8.78 Å². The number of aromatic nitrogens is 3. The number of rotatable bonds is 4. The van der Waals surface area contributed by atoms with E-state index < -0.39 is 12.3 Å². The van der Waals surface area contributed by atoms with Crippen molar-refractivity contribution < 1.29 is 8.78 Å². The van der Waals surface area contributed by atoms with Crippen LogP contribution in [0.4, 0.5) is 14.6 Å². The molecule has 0 radical (unpaired) electrons. The summed E-state index contributed by atoms with van der Waals surface area (Å²) >= 11 is 3.31. The SMILES string of the molecule is CC(CNc1ccn2ncc(Br)c2n1)C(F)F. The summed E-state index contributed by atoms with van der Waals surface area (Å²) in [7, 11) is 0. The summed E-state index contributed by atoms with van der Waals surface area (Å²) < 4.78 is 27.0. The van der Waals surface area contributed by atoms with Gasteiger partial charge in [-0.05, 0) is 22.0 Å². The van der Waals surface area contributed by atoms with Crippen molar-refractivity contribution in [2.75, 3.05) is 11.9 Å². The molecule has 1 atom stereocenters. The Hall–Kier alpha value is -1.24. The van der Waals surface area contributed by atoms with Crippen LogP contribution in [-0.2, 0) is 0 Å². The summed E-state index contributed by atoms with van der Waals surface area (Å²) in [4.78, 5) is 4.26. The fourth-order valence-corrected chi connectivity index (χ4v) is 1.66. The van der Waals surface area contributed by atoms with E-state index in [4.69, 9.17) is 0 Å². The second kappa shape index (κ2) is 4.95. The molecule has 0 spiro atoms. The van der Waals surface area contributed by atoms with Gasteiger partial charge < -0.3 is 5.32 Å². The van der Waals surface area contributed by atoms with Crippen molar-refractivity contribution in [3.05, 3.63) is 22.9 Å². The van der Waals surface area contributed by atoms with Crippen LogP contribution in [0, 0.1) is 5.92 Å². The molecule has 1 N–H and O–H groups in total. The molecule has 2 heterocycles. The van der Waals surface area contributed by atoms with E-state index in [-0.39, 0.29) is 6.54 Å². The summed E-state index contributed by atoms with van der Waals surface area (Å²) in [5, 5.41) is 6.92. The first-order valence-electron chi connectivity index (χ1n) is 5.10. The molecule has 0 saturated heterocycles.